The van der Waals surface area contributed by atoms with Crippen molar-refractivity contribution in [2.45, 2.75) is 39.3 Å². The van der Waals surface area contributed by atoms with Gasteiger partial charge in [-0.2, -0.15) is 0 Å². The molecule has 1 saturated carbocycles. The van der Waals surface area contributed by atoms with E-state index in [9.17, 15) is 9.59 Å². The molecule has 0 bridgehead atoms. The molecule has 29 heavy (non-hydrogen) atoms. The molecule has 1 heterocycles. The van der Waals surface area contributed by atoms with Gasteiger partial charge in [-0.25, -0.2) is 0 Å². The molecule has 0 spiro atoms. The number of carbonyl (C=O) groups is 2. The van der Waals surface area contributed by atoms with Gasteiger partial charge in [-0.05, 0) is 42.5 Å². The van der Waals surface area contributed by atoms with Crippen molar-refractivity contribution in [3.8, 4) is 0 Å². The largest absolute Gasteiger partial charge is 0.353 e. The number of rotatable bonds is 9. The van der Waals surface area contributed by atoms with Gasteiger partial charge in [0.25, 0.3) is 0 Å². The lowest BCUT2D eigenvalue weighted by molar-refractivity contribution is -0.139. The molecule has 1 aromatic heterocycles. The Bertz CT molecular complexity index is 850. The van der Waals surface area contributed by atoms with Gasteiger partial charge in [0.2, 0.25) is 11.8 Å². The van der Waals surface area contributed by atoms with Crippen LogP contribution in [0.25, 0.3) is 6.08 Å². The molecule has 1 fully saturated rings. The first-order chi connectivity index (χ1) is 13.9. The molecule has 3 rings (SSSR count). The maximum absolute atomic E-state index is 13.1. The fraction of sp³-hybridized carbons (Fsp3) is 0.417. The highest BCUT2D eigenvalue weighted by molar-refractivity contribution is 5.94. The van der Waals surface area contributed by atoms with Gasteiger partial charge >= 0.3 is 0 Å². The molecule has 0 N–H and O–H groups in total. The lowest BCUT2D eigenvalue weighted by Crippen LogP contribution is -2.44. The summed E-state index contributed by atoms with van der Waals surface area (Å²) in [7, 11) is 1.99. The van der Waals surface area contributed by atoms with Gasteiger partial charge in [0.1, 0.15) is 6.54 Å². The van der Waals surface area contributed by atoms with E-state index >= 15 is 0 Å². The fourth-order valence-electron chi connectivity index (χ4n) is 3.41. The predicted molar refractivity (Wildman–Crippen MR) is 116 cm³/mol. The fourth-order valence-corrected chi connectivity index (χ4v) is 3.41. The van der Waals surface area contributed by atoms with E-state index in [0.717, 1.165) is 24.1 Å². The third-order valence-electron chi connectivity index (χ3n) is 5.13. The molecule has 0 radical (unpaired) electrons. The molecule has 1 aliphatic rings. The lowest BCUT2D eigenvalue weighted by atomic mass is 10.2. The van der Waals surface area contributed by atoms with E-state index in [1.807, 2.05) is 71.3 Å². The Morgan fingerprint density at radius 3 is 2.45 bits per heavy atom. The number of amides is 2. The third-order valence-corrected chi connectivity index (χ3v) is 5.13. The van der Waals surface area contributed by atoms with Crippen molar-refractivity contribution >= 4 is 17.9 Å². The number of carbonyl (C=O) groups excluding carboxylic acids is 2. The standard InChI is InChI=1S/C24H31N3O2/c1-19(2)16-26(23(28)14-11-20-8-5-4-6-9-20)18-24(29)27(21-12-13-21)17-22-10-7-15-25(22)3/h4-11,14-15,19,21H,12-13,16-18H2,1-3H3/b14-11+. The summed E-state index contributed by atoms with van der Waals surface area (Å²) in [5.74, 6) is 0.195. The molecule has 5 heteroatoms. The van der Waals surface area contributed by atoms with E-state index in [2.05, 4.69) is 13.8 Å². The number of nitrogens with zero attached hydrogens (tertiary/aromatic N) is 3. The zero-order valence-corrected chi connectivity index (χ0v) is 17.6. The summed E-state index contributed by atoms with van der Waals surface area (Å²) in [6.45, 7) is 5.41. The van der Waals surface area contributed by atoms with Gasteiger partial charge in [-0.15, -0.1) is 0 Å². The first kappa shape index (κ1) is 20.9. The van der Waals surface area contributed by atoms with Crippen molar-refractivity contribution in [2.24, 2.45) is 13.0 Å². The highest BCUT2D eigenvalue weighted by Gasteiger charge is 2.34. The van der Waals surface area contributed by atoms with Crippen LogP contribution < -0.4 is 0 Å². The minimum absolute atomic E-state index is 0.0239. The minimum Gasteiger partial charge on any atom is -0.353 e. The van der Waals surface area contributed by atoms with Crippen LogP contribution in [0, 0.1) is 5.92 Å². The Balaban J connectivity index is 1.69. The topological polar surface area (TPSA) is 45.6 Å². The molecule has 2 aromatic rings. The van der Waals surface area contributed by atoms with Crippen LogP contribution in [0.3, 0.4) is 0 Å². The van der Waals surface area contributed by atoms with Crippen LogP contribution in [0.15, 0.2) is 54.7 Å². The van der Waals surface area contributed by atoms with E-state index in [1.165, 1.54) is 0 Å². The summed E-state index contributed by atoms with van der Waals surface area (Å²) in [5.41, 5.74) is 2.08. The molecule has 2 amide bonds. The van der Waals surface area contributed by atoms with Crippen molar-refractivity contribution in [1.82, 2.24) is 14.4 Å². The van der Waals surface area contributed by atoms with Gasteiger partial charge in [-0.3, -0.25) is 9.59 Å². The Morgan fingerprint density at radius 1 is 1.14 bits per heavy atom. The predicted octanol–water partition coefficient (Wildman–Crippen LogP) is 3.71. The maximum Gasteiger partial charge on any atom is 0.247 e. The Hall–Kier alpha value is -2.82. The summed E-state index contributed by atoms with van der Waals surface area (Å²) in [6.07, 6.45) is 7.46. The zero-order valence-electron chi connectivity index (χ0n) is 17.6. The molecule has 5 nitrogen and oxygen atoms in total. The van der Waals surface area contributed by atoms with Crippen molar-refractivity contribution in [2.75, 3.05) is 13.1 Å². The molecule has 1 aliphatic carbocycles. The van der Waals surface area contributed by atoms with Crippen LogP contribution in [0.5, 0.6) is 0 Å². The number of hydrogen-bond donors (Lipinski definition) is 0. The Labute approximate surface area is 173 Å². The van der Waals surface area contributed by atoms with E-state index in [4.69, 9.17) is 0 Å². The molecule has 0 saturated heterocycles. The van der Waals surface area contributed by atoms with Gasteiger partial charge in [0.15, 0.2) is 0 Å². The number of aryl methyl sites for hydroxylation is 1. The highest BCUT2D eigenvalue weighted by atomic mass is 16.2. The first-order valence-electron chi connectivity index (χ1n) is 10.4. The van der Waals surface area contributed by atoms with Crippen LogP contribution >= 0.6 is 0 Å². The van der Waals surface area contributed by atoms with Crippen LogP contribution in [0.2, 0.25) is 0 Å². The molecule has 154 valence electrons. The van der Waals surface area contributed by atoms with Crippen LogP contribution in [-0.4, -0.2) is 45.3 Å². The Morgan fingerprint density at radius 2 is 1.86 bits per heavy atom. The molecule has 0 aliphatic heterocycles. The average Bonchev–Trinajstić information content (AvgIpc) is 3.46. The highest BCUT2D eigenvalue weighted by Crippen LogP contribution is 2.28. The second-order valence-electron chi connectivity index (χ2n) is 8.22. The van der Waals surface area contributed by atoms with Crippen LogP contribution in [0.1, 0.15) is 37.9 Å². The number of hydrogen-bond acceptors (Lipinski definition) is 2. The smallest absolute Gasteiger partial charge is 0.247 e. The average molecular weight is 394 g/mol. The van der Waals surface area contributed by atoms with Gasteiger partial charge < -0.3 is 14.4 Å². The van der Waals surface area contributed by atoms with E-state index < -0.39 is 0 Å². The summed E-state index contributed by atoms with van der Waals surface area (Å²) in [4.78, 5) is 29.6. The van der Waals surface area contributed by atoms with E-state index in [1.54, 1.807) is 11.0 Å². The normalized spacial score (nSPS) is 13.8. The monoisotopic (exact) mass is 393 g/mol. The zero-order chi connectivity index (χ0) is 20.8. The summed E-state index contributed by atoms with van der Waals surface area (Å²) >= 11 is 0. The van der Waals surface area contributed by atoms with Crippen molar-refractivity contribution in [3.05, 3.63) is 66.0 Å². The number of benzene rings is 1. The molecular formula is C24H31N3O2. The second kappa shape index (κ2) is 9.59. The van der Waals surface area contributed by atoms with Crippen molar-refractivity contribution in [3.63, 3.8) is 0 Å². The Kier molecular flexibility index (Phi) is 6.91. The number of aromatic nitrogens is 1. The van der Waals surface area contributed by atoms with E-state index in [-0.39, 0.29) is 18.4 Å². The minimum atomic E-state index is -0.120. The first-order valence-corrected chi connectivity index (χ1v) is 10.4. The molecule has 0 atom stereocenters. The van der Waals surface area contributed by atoms with E-state index in [0.29, 0.717) is 25.0 Å². The van der Waals surface area contributed by atoms with Gasteiger partial charge in [0.05, 0.1) is 6.54 Å². The maximum atomic E-state index is 13.1. The lowest BCUT2D eigenvalue weighted by Gasteiger charge is -2.28. The van der Waals surface area contributed by atoms with Crippen molar-refractivity contribution < 1.29 is 9.59 Å². The van der Waals surface area contributed by atoms with Crippen LogP contribution in [-0.2, 0) is 23.2 Å². The molecular weight excluding hydrogens is 362 g/mol. The quantitative estimate of drug-likeness (QED) is 0.610. The summed E-state index contributed by atoms with van der Waals surface area (Å²) in [5, 5.41) is 0. The summed E-state index contributed by atoms with van der Waals surface area (Å²) < 4.78 is 2.04. The third kappa shape index (κ3) is 6.08. The SMILES string of the molecule is CC(C)CN(CC(=O)N(Cc1cccn1C)C1CC1)C(=O)/C=C/c1ccccc1. The molecule has 0 unspecified atom stereocenters. The second-order valence-corrected chi connectivity index (χ2v) is 8.22. The van der Waals surface area contributed by atoms with Gasteiger partial charge in [0, 0.05) is 37.6 Å². The summed E-state index contributed by atoms with van der Waals surface area (Å²) in [6, 6.07) is 14.1. The van der Waals surface area contributed by atoms with Crippen molar-refractivity contribution in [1.29, 1.82) is 0 Å². The van der Waals surface area contributed by atoms with Crippen LogP contribution in [0.4, 0.5) is 0 Å². The van der Waals surface area contributed by atoms with Gasteiger partial charge in [-0.1, -0.05) is 44.2 Å². The molecule has 1 aromatic carbocycles.